The molecule has 0 spiro atoms. The number of amides is 1. The number of carbonyl (C=O) groups excluding carboxylic acids is 2. The molecule has 34 heavy (non-hydrogen) atoms. The lowest BCUT2D eigenvalue weighted by atomic mass is 9.95. The van der Waals surface area contributed by atoms with Crippen LogP contribution in [0.5, 0.6) is 0 Å². The van der Waals surface area contributed by atoms with E-state index in [0.29, 0.717) is 43.9 Å². The number of ether oxygens (including phenoxy) is 1. The number of hydrogen-bond acceptors (Lipinski definition) is 5. The Kier molecular flexibility index (Phi) is 6.87. The fourth-order valence-electron chi connectivity index (χ4n) is 5.11. The molecule has 2 aliphatic rings. The van der Waals surface area contributed by atoms with E-state index in [1.807, 2.05) is 23.1 Å². The van der Waals surface area contributed by atoms with Crippen molar-refractivity contribution in [2.75, 3.05) is 26.2 Å². The first-order valence-electron chi connectivity index (χ1n) is 11.9. The number of nitrogens with zero attached hydrogens (tertiary/aromatic N) is 3. The van der Waals surface area contributed by atoms with Crippen LogP contribution < -0.4 is 0 Å². The summed E-state index contributed by atoms with van der Waals surface area (Å²) in [7, 11) is -2.25. The first-order chi connectivity index (χ1) is 16.2. The molecular weight excluding hydrogens is 454 g/mol. The summed E-state index contributed by atoms with van der Waals surface area (Å²) < 4.78 is 35.8. The minimum absolute atomic E-state index is 0.000911. The molecule has 1 aromatic heterocycles. The molecule has 2 aromatic rings. The summed E-state index contributed by atoms with van der Waals surface area (Å²) >= 11 is 0. The second-order valence-electron chi connectivity index (χ2n) is 9.14. The quantitative estimate of drug-likeness (QED) is 0.605. The molecule has 0 unspecified atom stereocenters. The summed E-state index contributed by atoms with van der Waals surface area (Å²) in [6.45, 7) is 6.91. The van der Waals surface area contributed by atoms with E-state index in [-0.39, 0.29) is 29.5 Å². The molecular formula is C25H33N3O5S. The van der Waals surface area contributed by atoms with E-state index < -0.39 is 21.9 Å². The van der Waals surface area contributed by atoms with E-state index in [0.717, 1.165) is 12.0 Å². The predicted molar refractivity (Wildman–Crippen MR) is 128 cm³/mol. The molecule has 2 aliphatic heterocycles. The van der Waals surface area contributed by atoms with Gasteiger partial charge in [0.05, 0.1) is 12.5 Å². The fraction of sp³-hybridized carbons (Fsp3) is 0.520. The van der Waals surface area contributed by atoms with Crippen molar-refractivity contribution in [2.24, 2.45) is 13.0 Å². The maximum absolute atomic E-state index is 13.8. The van der Waals surface area contributed by atoms with Gasteiger partial charge in [-0.25, -0.2) is 13.2 Å². The van der Waals surface area contributed by atoms with Gasteiger partial charge in [-0.05, 0) is 51.2 Å². The Hall–Kier alpha value is -2.65. The summed E-state index contributed by atoms with van der Waals surface area (Å²) in [6.07, 6.45) is 2.06. The van der Waals surface area contributed by atoms with E-state index in [2.05, 4.69) is 6.07 Å². The number of hydrogen-bond donors (Lipinski definition) is 0. The molecule has 8 nitrogen and oxygen atoms in total. The van der Waals surface area contributed by atoms with Gasteiger partial charge < -0.3 is 14.2 Å². The van der Waals surface area contributed by atoms with Crippen molar-refractivity contribution in [3.8, 4) is 0 Å². The Morgan fingerprint density at radius 3 is 2.50 bits per heavy atom. The van der Waals surface area contributed by atoms with Gasteiger partial charge in [0, 0.05) is 44.6 Å². The molecule has 9 heteroatoms. The molecule has 1 fully saturated rings. The van der Waals surface area contributed by atoms with Gasteiger partial charge in [-0.1, -0.05) is 24.3 Å². The van der Waals surface area contributed by atoms with E-state index in [1.165, 1.54) is 9.87 Å². The Labute approximate surface area is 201 Å². The van der Waals surface area contributed by atoms with Gasteiger partial charge in [0.15, 0.2) is 0 Å². The van der Waals surface area contributed by atoms with Crippen molar-refractivity contribution < 1.29 is 22.7 Å². The molecule has 4 rings (SSSR count). The minimum atomic E-state index is -3.99. The lowest BCUT2D eigenvalue weighted by Crippen LogP contribution is -2.48. The summed E-state index contributed by atoms with van der Waals surface area (Å²) in [6, 6.07) is 8.13. The van der Waals surface area contributed by atoms with Crippen molar-refractivity contribution in [3.63, 3.8) is 0 Å². The van der Waals surface area contributed by atoms with Crippen LogP contribution in [0, 0.1) is 19.8 Å². The highest BCUT2D eigenvalue weighted by molar-refractivity contribution is 7.89. The number of rotatable bonds is 5. The van der Waals surface area contributed by atoms with Crippen molar-refractivity contribution >= 4 is 21.9 Å². The third kappa shape index (κ3) is 4.27. The van der Waals surface area contributed by atoms with E-state index in [9.17, 15) is 18.0 Å². The Bertz CT molecular complexity index is 1220. The molecule has 0 radical (unpaired) electrons. The third-order valence-corrected chi connectivity index (χ3v) is 9.20. The van der Waals surface area contributed by atoms with Crippen LogP contribution in [-0.2, 0) is 39.6 Å². The van der Waals surface area contributed by atoms with Crippen molar-refractivity contribution in [3.05, 3.63) is 52.3 Å². The standard InChI is InChI=1S/C25H33N3O5S/c1-5-33-25(30)22-17(2)26(4)18(3)23(22)34(31,32)28-13-8-11-21(16-28)24(29)27-14-12-19-9-6-7-10-20(19)15-27/h6-7,9-10,21H,5,8,11-16H2,1-4H3/t21-/m1/s1. The highest BCUT2D eigenvalue weighted by Crippen LogP contribution is 2.33. The molecule has 1 amide bonds. The van der Waals surface area contributed by atoms with Crippen LogP contribution in [0.3, 0.4) is 0 Å². The molecule has 0 N–H and O–H groups in total. The van der Waals surface area contributed by atoms with Crippen molar-refractivity contribution in [2.45, 2.75) is 51.5 Å². The van der Waals surface area contributed by atoms with Crippen LogP contribution in [-0.4, -0.2) is 60.3 Å². The van der Waals surface area contributed by atoms with Gasteiger partial charge in [0.1, 0.15) is 10.5 Å². The topological polar surface area (TPSA) is 88.9 Å². The summed E-state index contributed by atoms with van der Waals surface area (Å²) in [5, 5.41) is 0. The van der Waals surface area contributed by atoms with Crippen molar-refractivity contribution in [1.82, 2.24) is 13.8 Å². The fourth-order valence-corrected chi connectivity index (χ4v) is 7.11. The number of piperidine rings is 1. The van der Waals surface area contributed by atoms with Crippen LogP contribution in [0.4, 0.5) is 0 Å². The van der Waals surface area contributed by atoms with Gasteiger partial charge in [-0.2, -0.15) is 4.31 Å². The number of aromatic nitrogens is 1. The second kappa shape index (κ2) is 9.54. The second-order valence-corrected chi connectivity index (χ2v) is 11.0. The average molecular weight is 488 g/mol. The summed E-state index contributed by atoms with van der Waals surface area (Å²) in [4.78, 5) is 27.9. The lowest BCUT2D eigenvalue weighted by molar-refractivity contribution is -0.137. The zero-order valence-electron chi connectivity index (χ0n) is 20.3. The smallest absolute Gasteiger partial charge is 0.341 e. The maximum Gasteiger partial charge on any atom is 0.341 e. The van der Waals surface area contributed by atoms with Gasteiger partial charge in [0.2, 0.25) is 15.9 Å². The number of benzene rings is 1. The maximum atomic E-state index is 13.8. The normalized spacial score (nSPS) is 19.1. The van der Waals surface area contributed by atoms with Crippen LogP contribution >= 0.6 is 0 Å². The van der Waals surface area contributed by atoms with Crippen LogP contribution in [0.1, 0.15) is 52.6 Å². The Morgan fingerprint density at radius 1 is 1.09 bits per heavy atom. The molecule has 184 valence electrons. The first-order valence-corrected chi connectivity index (χ1v) is 13.3. The number of esters is 1. The summed E-state index contributed by atoms with van der Waals surface area (Å²) in [5.74, 6) is -1.04. The Morgan fingerprint density at radius 2 is 1.79 bits per heavy atom. The molecule has 3 heterocycles. The van der Waals surface area contributed by atoms with Crippen molar-refractivity contribution in [1.29, 1.82) is 0 Å². The van der Waals surface area contributed by atoms with E-state index >= 15 is 0 Å². The van der Waals surface area contributed by atoms with Crippen LogP contribution in [0.25, 0.3) is 0 Å². The zero-order valence-corrected chi connectivity index (χ0v) is 21.2. The number of sulfonamides is 1. The van der Waals surface area contributed by atoms with Crippen LogP contribution in [0.15, 0.2) is 29.2 Å². The molecule has 0 saturated carbocycles. The zero-order chi connectivity index (χ0) is 24.6. The SMILES string of the molecule is CCOC(=O)c1c(S(=O)(=O)N2CCC[C@@H](C(=O)N3CCc4ccccc4C3)C2)c(C)n(C)c1C. The lowest BCUT2D eigenvalue weighted by Gasteiger charge is -2.36. The molecule has 0 bridgehead atoms. The highest BCUT2D eigenvalue weighted by Gasteiger charge is 2.40. The summed E-state index contributed by atoms with van der Waals surface area (Å²) in [5.41, 5.74) is 3.54. The molecule has 0 aliphatic carbocycles. The van der Waals surface area contributed by atoms with Gasteiger partial charge in [0.25, 0.3) is 0 Å². The average Bonchev–Trinajstić information content (AvgIpc) is 3.08. The third-order valence-electron chi connectivity index (χ3n) is 7.18. The van der Waals surface area contributed by atoms with Gasteiger partial charge in [-0.15, -0.1) is 0 Å². The largest absolute Gasteiger partial charge is 0.462 e. The van der Waals surface area contributed by atoms with Gasteiger partial charge in [-0.3, -0.25) is 4.79 Å². The molecule has 1 atom stereocenters. The first kappa shape index (κ1) is 24.5. The highest BCUT2D eigenvalue weighted by atomic mass is 32.2. The number of fused-ring (bicyclic) bond motifs is 1. The van der Waals surface area contributed by atoms with Gasteiger partial charge >= 0.3 is 5.97 Å². The minimum Gasteiger partial charge on any atom is -0.462 e. The number of carbonyl (C=O) groups is 2. The molecule has 1 aromatic carbocycles. The monoisotopic (exact) mass is 487 g/mol. The van der Waals surface area contributed by atoms with Crippen LogP contribution in [0.2, 0.25) is 0 Å². The Balaban J connectivity index is 1.58. The van der Waals surface area contributed by atoms with E-state index in [4.69, 9.17) is 4.74 Å². The molecule has 1 saturated heterocycles. The van der Waals surface area contributed by atoms with E-state index in [1.54, 1.807) is 32.4 Å². The predicted octanol–water partition coefficient (Wildman–Crippen LogP) is 2.80.